The van der Waals surface area contributed by atoms with Gasteiger partial charge in [-0.05, 0) is 43.0 Å². The van der Waals surface area contributed by atoms with E-state index in [1.807, 2.05) is 11.9 Å². The van der Waals surface area contributed by atoms with Crippen LogP contribution in [0, 0.1) is 5.82 Å². The highest BCUT2D eigenvalue weighted by Crippen LogP contribution is 2.36. The Labute approximate surface area is 156 Å². The number of nitrogens with zero attached hydrogens (tertiary/aromatic N) is 2. The summed E-state index contributed by atoms with van der Waals surface area (Å²) in [6.45, 7) is 1.17. The molecule has 26 heavy (non-hydrogen) atoms. The van der Waals surface area contributed by atoms with Crippen molar-refractivity contribution >= 4 is 38.1 Å². The third kappa shape index (κ3) is 2.74. The summed E-state index contributed by atoms with van der Waals surface area (Å²) in [5.74, 6) is -0.420. The van der Waals surface area contributed by atoms with Gasteiger partial charge in [0.05, 0.1) is 10.4 Å². The molecule has 134 valence electrons. The van der Waals surface area contributed by atoms with E-state index < -0.39 is 15.8 Å². The fourth-order valence-corrected chi connectivity index (χ4v) is 5.05. The van der Waals surface area contributed by atoms with Crippen LogP contribution in [0.3, 0.4) is 0 Å². The molecule has 1 aromatic heterocycles. The zero-order chi connectivity index (χ0) is 18.5. The quantitative estimate of drug-likeness (QED) is 0.680. The van der Waals surface area contributed by atoms with E-state index in [4.69, 9.17) is 11.6 Å². The molecule has 0 saturated carbocycles. The monoisotopic (exact) mass is 390 g/mol. The van der Waals surface area contributed by atoms with Crippen LogP contribution < -0.4 is 0 Å². The van der Waals surface area contributed by atoms with Gasteiger partial charge in [-0.15, -0.1) is 0 Å². The summed E-state index contributed by atoms with van der Waals surface area (Å²) in [4.78, 5) is 2.20. The summed E-state index contributed by atoms with van der Waals surface area (Å²) in [5.41, 5.74) is 1.90. The maximum absolute atomic E-state index is 13.9. The summed E-state index contributed by atoms with van der Waals surface area (Å²) in [7, 11) is -1.88. The third-order valence-electron chi connectivity index (χ3n) is 4.52. The predicted molar refractivity (Wildman–Crippen MR) is 101 cm³/mol. The average Bonchev–Trinajstić information content (AvgIpc) is 3.15. The maximum atomic E-state index is 13.9. The second kappa shape index (κ2) is 6.23. The molecule has 4 rings (SSSR count). The van der Waals surface area contributed by atoms with Crippen LogP contribution in [0.5, 0.6) is 0 Å². The standard InChI is InChI=1S/C19H16ClFN2O2S/c1-22-10-17(18(20)12-22)16-11-23(19-8-7-13(21)9-15(16)19)26(24,25)14-5-3-2-4-6-14/h2-9,11H,10,12H2,1H3. The number of likely N-dealkylation sites (N-methyl/N-ethyl adjacent to an activating group) is 1. The number of hydrogen-bond acceptors (Lipinski definition) is 3. The van der Waals surface area contributed by atoms with Crippen molar-refractivity contribution in [3.63, 3.8) is 0 Å². The molecule has 2 heterocycles. The molecule has 4 nitrogen and oxygen atoms in total. The summed E-state index contributed by atoms with van der Waals surface area (Å²) >= 11 is 6.37. The molecule has 0 N–H and O–H groups in total. The lowest BCUT2D eigenvalue weighted by Crippen LogP contribution is -2.14. The van der Waals surface area contributed by atoms with Crippen LogP contribution in [0.1, 0.15) is 5.56 Å². The molecular weight excluding hydrogens is 375 g/mol. The van der Waals surface area contributed by atoms with Crippen LogP contribution in [0.15, 0.2) is 64.7 Å². The minimum atomic E-state index is -3.80. The fraction of sp³-hybridized carbons (Fsp3) is 0.158. The molecule has 0 bridgehead atoms. The second-order valence-corrected chi connectivity index (χ2v) is 8.65. The first-order valence-corrected chi connectivity index (χ1v) is 9.87. The van der Waals surface area contributed by atoms with E-state index in [9.17, 15) is 12.8 Å². The second-order valence-electron chi connectivity index (χ2n) is 6.37. The Kier molecular flexibility index (Phi) is 4.14. The highest BCUT2D eigenvalue weighted by atomic mass is 35.5. The van der Waals surface area contributed by atoms with Crippen LogP contribution in [0.25, 0.3) is 16.5 Å². The Morgan fingerprint density at radius 1 is 1.08 bits per heavy atom. The van der Waals surface area contributed by atoms with Crippen molar-refractivity contribution in [2.75, 3.05) is 20.1 Å². The summed E-state index contributed by atoms with van der Waals surface area (Å²) in [5, 5.41) is 1.18. The van der Waals surface area contributed by atoms with Gasteiger partial charge in [-0.2, -0.15) is 0 Å². The molecule has 0 aliphatic carbocycles. The third-order valence-corrected chi connectivity index (χ3v) is 6.56. The number of halogens is 2. The van der Waals surface area contributed by atoms with Crippen molar-refractivity contribution in [3.05, 3.63) is 71.1 Å². The van der Waals surface area contributed by atoms with E-state index in [-0.39, 0.29) is 4.90 Å². The van der Waals surface area contributed by atoms with E-state index >= 15 is 0 Å². The molecule has 7 heteroatoms. The van der Waals surface area contributed by atoms with Crippen LogP contribution in [0.2, 0.25) is 0 Å². The molecule has 1 aliphatic heterocycles. The molecule has 3 aromatic rings. The van der Waals surface area contributed by atoms with Gasteiger partial charge >= 0.3 is 0 Å². The number of hydrogen-bond donors (Lipinski definition) is 0. The highest BCUT2D eigenvalue weighted by Gasteiger charge is 2.26. The van der Waals surface area contributed by atoms with Crippen LogP contribution in [0.4, 0.5) is 4.39 Å². The van der Waals surface area contributed by atoms with Crippen LogP contribution in [-0.2, 0) is 10.0 Å². The largest absolute Gasteiger partial charge is 0.297 e. The van der Waals surface area contributed by atoms with Gasteiger partial charge < -0.3 is 0 Å². The van der Waals surface area contributed by atoms with Gasteiger partial charge in [0, 0.05) is 35.3 Å². The van der Waals surface area contributed by atoms with Crippen molar-refractivity contribution in [2.24, 2.45) is 0 Å². The lowest BCUT2D eigenvalue weighted by atomic mass is 10.1. The van der Waals surface area contributed by atoms with Crippen molar-refractivity contribution in [3.8, 4) is 0 Å². The number of rotatable bonds is 3. The molecule has 0 radical (unpaired) electrons. The van der Waals surface area contributed by atoms with Gasteiger partial charge in [-0.3, -0.25) is 4.90 Å². The summed E-state index contributed by atoms with van der Waals surface area (Å²) < 4.78 is 41.3. The smallest absolute Gasteiger partial charge is 0.268 e. The predicted octanol–water partition coefficient (Wildman–Crippen LogP) is 3.91. The number of aromatic nitrogens is 1. The molecule has 0 saturated heterocycles. The first-order valence-electron chi connectivity index (χ1n) is 8.05. The Bertz CT molecular complexity index is 1140. The molecule has 1 aliphatic rings. The molecule has 0 spiro atoms. The first kappa shape index (κ1) is 17.3. The zero-order valence-electron chi connectivity index (χ0n) is 14.0. The first-order chi connectivity index (χ1) is 12.4. The zero-order valence-corrected chi connectivity index (χ0v) is 15.6. The molecule has 0 atom stereocenters. The van der Waals surface area contributed by atoms with Gasteiger partial charge in [0.25, 0.3) is 10.0 Å². The number of benzene rings is 2. The van der Waals surface area contributed by atoms with E-state index in [1.54, 1.807) is 36.5 Å². The normalized spacial score (nSPS) is 16.0. The Balaban J connectivity index is 2.00. The van der Waals surface area contributed by atoms with E-state index in [0.29, 0.717) is 34.6 Å². The minimum absolute atomic E-state index is 0.177. The van der Waals surface area contributed by atoms with Crippen molar-refractivity contribution in [1.82, 2.24) is 8.87 Å². The van der Waals surface area contributed by atoms with E-state index in [2.05, 4.69) is 0 Å². The topological polar surface area (TPSA) is 42.3 Å². The van der Waals surface area contributed by atoms with Crippen molar-refractivity contribution < 1.29 is 12.8 Å². The number of fused-ring (bicyclic) bond motifs is 1. The Hall–Kier alpha value is -2.15. The lowest BCUT2D eigenvalue weighted by Gasteiger charge is -2.07. The van der Waals surface area contributed by atoms with Crippen molar-refractivity contribution in [1.29, 1.82) is 0 Å². The van der Waals surface area contributed by atoms with Gasteiger partial charge in [0.15, 0.2) is 0 Å². The molecule has 0 amide bonds. The van der Waals surface area contributed by atoms with Gasteiger partial charge in [-0.25, -0.2) is 16.8 Å². The van der Waals surface area contributed by atoms with Gasteiger partial charge in [0.1, 0.15) is 5.82 Å². The minimum Gasteiger partial charge on any atom is -0.297 e. The average molecular weight is 391 g/mol. The molecule has 2 aromatic carbocycles. The van der Waals surface area contributed by atoms with Gasteiger partial charge in [0.2, 0.25) is 0 Å². The lowest BCUT2D eigenvalue weighted by molar-refractivity contribution is 0.436. The van der Waals surface area contributed by atoms with Crippen molar-refractivity contribution in [2.45, 2.75) is 4.90 Å². The van der Waals surface area contributed by atoms with Gasteiger partial charge in [-0.1, -0.05) is 29.8 Å². The van der Waals surface area contributed by atoms with E-state index in [1.165, 1.54) is 22.2 Å². The molecule has 0 unspecified atom stereocenters. The molecular formula is C19H16ClFN2O2S. The van der Waals surface area contributed by atoms with E-state index in [0.717, 1.165) is 5.57 Å². The van der Waals surface area contributed by atoms with Crippen LogP contribution in [-0.4, -0.2) is 37.4 Å². The molecule has 0 fully saturated rings. The summed E-state index contributed by atoms with van der Waals surface area (Å²) in [6, 6.07) is 12.3. The Morgan fingerprint density at radius 2 is 1.81 bits per heavy atom. The maximum Gasteiger partial charge on any atom is 0.268 e. The van der Waals surface area contributed by atoms with Crippen LogP contribution >= 0.6 is 11.6 Å². The SMILES string of the molecule is CN1CC(Cl)=C(c2cn(S(=O)(=O)c3ccccc3)c3ccc(F)cc23)C1. The summed E-state index contributed by atoms with van der Waals surface area (Å²) in [6.07, 6.45) is 1.54. The highest BCUT2D eigenvalue weighted by molar-refractivity contribution is 7.90. The fourth-order valence-electron chi connectivity index (χ4n) is 3.29. The Morgan fingerprint density at radius 3 is 2.46 bits per heavy atom.